The summed E-state index contributed by atoms with van der Waals surface area (Å²) in [5.74, 6) is 0.330. The minimum absolute atomic E-state index is 0.328. The van der Waals surface area contributed by atoms with Crippen molar-refractivity contribution >= 4 is 10.8 Å². The predicted octanol–water partition coefficient (Wildman–Crippen LogP) is 6.41. The van der Waals surface area contributed by atoms with Crippen LogP contribution in [0.4, 0.5) is 0 Å². The molecular weight excluding hydrogens is 480 g/mol. The first-order chi connectivity index (χ1) is 18.2. The summed E-state index contributed by atoms with van der Waals surface area (Å²) in [7, 11) is -1.24. The molecule has 0 saturated carbocycles. The third-order valence-electron chi connectivity index (χ3n) is 6.61. The van der Waals surface area contributed by atoms with E-state index in [0.29, 0.717) is 19.0 Å². The number of hydrogen-bond donors (Lipinski definition) is 0. The summed E-state index contributed by atoms with van der Waals surface area (Å²) >= 11 is 0. The lowest BCUT2D eigenvalue weighted by Crippen LogP contribution is -2.38. The van der Waals surface area contributed by atoms with Crippen molar-refractivity contribution in [1.82, 2.24) is 0 Å². The SMILES string of the molecule is Cc1ccc([S@](=O)C[C@@H]2O[C@H](c3ccccc3)[C@@H](OCc3ccccc3)[C@@H]2OCc2ccccc2)cc1. The van der Waals surface area contributed by atoms with E-state index in [4.69, 9.17) is 14.2 Å². The Labute approximate surface area is 221 Å². The lowest BCUT2D eigenvalue weighted by Gasteiger charge is -2.25. The monoisotopic (exact) mass is 512 g/mol. The van der Waals surface area contributed by atoms with Gasteiger partial charge in [0.05, 0.1) is 35.9 Å². The summed E-state index contributed by atoms with van der Waals surface area (Å²) in [6.07, 6.45) is -1.46. The number of benzene rings is 4. The maximum absolute atomic E-state index is 13.4. The van der Waals surface area contributed by atoms with E-state index in [1.165, 1.54) is 0 Å². The van der Waals surface area contributed by atoms with Crippen LogP contribution < -0.4 is 0 Å². The average molecular weight is 513 g/mol. The van der Waals surface area contributed by atoms with E-state index in [9.17, 15) is 4.21 Å². The zero-order chi connectivity index (χ0) is 25.5. The fourth-order valence-corrected chi connectivity index (χ4v) is 5.82. The van der Waals surface area contributed by atoms with Crippen molar-refractivity contribution in [3.63, 3.8) is 0 Å². The highest BCUT2D eigenvalue weighted by atomic mass is 32.2. The molecule has 4 nitrogen and oxygen atoms in total. The second-order valence-electron chi connectivity index (χ2n) is 9.35. The van der Waals surface area contributed by atoms with Crippen LogP contribution in [0.1, 0.15) is 28.4 Å². The van der Waals surface area contributed by atoms with Gasteiger partial charge < -0.3 is 14.2 Å². The van der Waals surface area contributed by atoms with Crippen LogP contribution in [0, 0.1) is 6.92 Å². The van der Waals surface area contributed by atoms with Gasteiger partial charge in [-0.15, -0.1) is 0 Å². The third kappa shape index (κ3) is 6.62. The van der Waals surface area contributed by atoms with Crippen LogP contribution in [0.3, 0.4) is 0 Å². The van der Waals surface area contributed by atoms with Gasteiger partial charge in [-0.25, -0.2) is 0 Å². The predicted molar refractivity (Wildman–Crippen MR) is 147 cm³/mol. The van der Waals surface area contributed by atoms with Gasteiger partial charge in [-0.2, -0.15) is 0 Å². The highest BCUT2D eigenvalue weighted by molar-refractivity contribution is 7.85. The normalized spacial score (nSPS) is 22.1. The number of rotatable bonds is 10. The molecule has 190 valence electrons. The van der Waals surface area contributed by atoms with Gasteiger partial charge in [0, 0.05) is 4.90 Å². The zero-order valence-corrected chi connectivity index (χ0v) is 21.8. The maximum atomic E-state index is 13.4. The van der Waals surface area contributed by atoms with Crippen molar-refractivity contribution in [3.05, 3.63) is 138 Å². The second-order valence-corrected chi connectivity index (χ2v) is 10.8. The van der Waals surface area contributed by atoms with Crippen molar-refractivity contribution in [2.75, 3.05) is 5.75 Å². The van der Waals surface area contributed by atoms with Crippen LogP contribution in [-0.2, 0) is 38.2 Å². The molecule has 0 unspecified atom stereocenters. The first kappa shape index (κ1) is 25.6. The number of ether oxygens (including phenoxy) is 3. The van der Waals surface area contributed by atoms with Gasteiger partial charge >= 0.3 is 0 Å². The molecule has 0 aromatic heterocycles. The van der Waals surface area contributed by atoms with Crippen LogP contribution in [0.25, 0.3) is 0 Å². The average Bonchev–Trinajstić information content (AvgIpc) is 3.29. The molecule has 0 aliphatic carbocycles. The quantitative estimate of drug-likeness (QED) is 0.246. The molecule has 0 amide bonds. The number of aryl methyl sites for hydroxylation is 1. The molecular formula is C32H32O4S. The summed E-state index contributed by atoms with van der Waals surface area (Å²) in [5, 5.41) is 0. The van der Waals surface area contributed by atoms with E-state index in [0.717, 1.165) is 27.1 Å². The molecule has 0 N–H and O–H groups in total. The fourth-order valence-electron chi connectivity index (χ4n) is 4.63. The van der Waals surface area contributed by atoms with Crippen molar-refractivity contribution in [3.8, 4) is 0 Å². The molecule has 5 atom stereocenters. The minimum Gasteiger partial charge on any atom is -0.368 e. The molecule has 5 rings (SSSR count). The molecule has 1 fully saturated rings. The molecule has 0 bridgehead atoms. The van der Waals surface area contributed by atoms with Gasteiger partial charge in [-0.1, -0.05) is 109 Å². The van der Waals surface area contributed by atoms with Gasteiger partial charge in [-0.05, 0) is 35.7 Å². The topological polar surface area (TPSA) is 44.8 Å². The Kier molecular flexibility index (Phi) is 8.59. The van der Waals surface area contributed by atoms with E-state index in [-0.39, 0.29) is 18.3 Å². The van der Waals surface area contributed by atoms with Crippen molar-refractivity contribution in [1.29, 1.82) is 0 Å². The Morgan fingerprint density at radius 3 is 1.76 bits per heavy atom. The molecule has 1 heterocycles. The highest BCUT2D eigenvalue weighted by Gasteiger charge is 2.47. The Morgan fingerprint density at radius 2 is 1.19 bits per heavy atom. The molecule has 1 aliphatic heterocycles. The largest absolute Gasteiger partial charge is 0.368 e. The Morgan fingerprint density at radius 1 is 0.676 bits per heavy atom. The Bertz CT molecular complexity index is 1260. The van der Waals surface area contributed by atoms with E-state index < -0.39 is 16.9 Å². The van der Waals surface area contributed by atoms with Gasteiger partial charge in [0.2, 0.25) is 0 Å². The van der Waals surface area contributed by atoms with Gasteiger partial charge in [0.1, 0.15) is 18.3 Å². The van der Waals surface area contributed by atoms with Crippen molar-refractivity contribution in [2.24, 2.45) is 0 Å². The van der Waals surface area contributed by atoms with E-state index in [1.807, 2.05) is 97.9 Å². The summed E-state index contributed by atoms with van der Waals surface area (Å²) in [6.45, 7) is 2.89. The minimum atomic E-state index is -1.24. The summed E-state index contributed by atoms with van der Waals surface area (Å²) in [6, 6.07) is 38.2. The molecule has 1 aliphatic rings. The molecule has 4 aromatic rings. The molecule has 37 heavy (non-hydrogen) atoms. The maximum Gasteiger partial charge on any atom is 0.117 e. The summed E-state index contributed by atoms with van der Waals surface area (Å²) in [5.41, 5.74) is 4.33. The lowest BCUT2D eigenvalue weighted by atomic mass is 10.0. The van der Waals surface area contributed by atoms with Gasteiger partial charge in [0.15, 0.2) is 0 Å². The summed E-state index contributed by atoms with van der Waals surface area (Å²) < 4.78 is 33.1. The second kappa shape index (κ2) is 12.4. The van der Waals surface area contributed by atoms with Gasteiger partial charge in [-0.3, -0.25) is 4.21 Å². The first-order valence-electron chi connectivity index (χ1n) is 12.6. The zero-order valence-electron chi connectivity index (χ0n) is 20.9. The molecule has 5 heteroatoms. The lowest BCUT2D eigenvalue weighted by molar-refractivity contribution is -0.0777. The third-order valence-corrected chi connectivity index (χ3v) is 8.04. The number of hydrogen-bond acceptors (Lipinski definition) is 4. The smallest absolute Gasteiger partial charge is 0.117 e. The van der Waals surface area contributed by atoms with E-state index in [1.54, 1.807) is 0 Å². The molecule has 0 radical (unpaired) electrons. The van der Waals surface area contributed by atoms with Crippen LogP contribution in [0.5, 0.6) is 0 Å². The van der Waals surface area contributed by atoms with Crippen LogP contribution in [-0.4, -0.2) is 28.3 Å². The van der Waals surface area contributed by atoms with Gasteiger partial charge in [0.25, 0.3) is 0 Å². The van der Waals surface area contributed by atoms with Crippen LogP contribution in [0.15, 0.2) is 120 Å². The highest BCUT2D eigenvalue weighted by Crippen LogP contribution is 2.39. The molecule has 0 spiro atoms. The van der Waals surface area contributed by atoms with Crippen molar-refractivity contribution in [2.45, 2.75) is 49.4 Å². The standard InChI is InChI=1S/C32H32O4S/c1-24-17-19-28(20-18-24)37(33)23-29-31(34-21-25-11-5-2-6-12-25)32(35-22-26-13-7-3-8-14-26)30(36-29)27-15-9-4-10-16-27/h2-20,29-32H,21-23H2,1H3/t29-,30+,31+,32+,37+/m0/s1. The Hall–Kier alpha value is -3.09. The molecule has 1 saturated heterocycles. The van der Waals surface area contributed by atoms with E-state index in [2.05, 4.69) is 24.3 Å². The first-order valence-corrected chi connectivity index (χ1v) is 14.0. The fraction of sp³-hybridized carbons (Fsp3) is 0.250. The van der Waals surface area contributed by atoms with Crippen LogP contribution in [0.2, 0.25) is 0 Å². The van der Waals surface area contributed by atoms with E-state index >= 15 is 0 Å². The molecule has 4 aromatic carbocycles. The van der Waals surface area contributed by atoms with Crippen LogP contribution >= 0.6 is 0 Å². The van der Waals surface area contributed by atoms with Crippen molar-refractivity contribution < 1.29 is 18.4 Å². The summed E-state index contributed by atoms with van der Waals surface area (Å²) in [4.78, 5) is 0.793. The Balaban J connectivity index is 1.42.